The standard InChI is InChI=1S/C15H11Cl2N3O/c1-20-13-5-3-2-4-10(13)14(15(20)21)19-18-9-6-7-11(16)12(17)8-9/h2-8,21H,1H3. The van der Waals surface area contributed by atoms with Crippen LogP contribution in [0.15, 0.2) is 52.7 Å². The molecular formula is C15H11Cl2N3O. The first-order valence-electron chi connectivity index (χ1n) is 6.21. The van der Waals surface area contributed by atoms with E-state index in [1.165, 1.54) is 0 Å². The number of aromatic nitrogens is 1. The van der Waals surface area contributed by atoms with Crippen LogP contribution in [0.4, 0.5) is 11.4 Å². The molecule has 1 heterocycles. The summed E-state index contributed by atoms with van der Waals surface area (Å²) in [6, 6.07) is 12.6. The molecule has 0 spiro atoms. The molecule has 2 aromatic carbocycles. The summed E-state index contributed by atoms with van der Waals surface area (Å²) in [6.07, 6.45) is 0. The Kier molecular flexibility index (Phi) is 3.57. The molecule has 4 nitrogen and oxygen atoms in total. The van der Waals surface area contributed by atoms with Gasteiger partial charge in [-0.3, -0.25) is 0 Å². The van der Waals surface area contributed by atoms with E-state index in [1.807, 2.05) is 24.3 Å². The smallest absolute Gasteiger partial charge is 0.220 e. The van der Waals surface area contributed by atoms with Crippen molar-refractivity contribution in [2.24, 2.45) is 17.3 Å². The zero-order valence-corrected chi connectivity index (χ0v) is 12.6. The van der Waals surface area contributed by atoms with E-state index >= 15 is 0 Å². The number of hydrogen-bond donors (Lipinski definition) is 1. The van der Waals surface area contributed by atoms with Crippen molar-refractivity contribution in [2.45, 2.75) is 0 Å². The molecule has 0 amide bonds. The van der Waals surface area contributed by atoms with E-state index in [2.05, 4.69) is 10.2 Å². The van der Waals surface area contributed by atoms with Crippen LogP contribution in [0, 0.1) is 0 Å². The van der Waals surface area contributed by atoms with E-state index in [0.717, 1.165) is 10.9 Å². The van der Waals surface area contributed by atoms with Gasteiger partial charge in [0.25, 0.3) is 0 Å². The Balaban J connectivity index is 2.07. The minimum Gasteiger partial charge on any atom is -0.493 e. The van der Waals surface area contributed by atoms with Crippen LogP contribution < -0.4 is 0 Å². The number of nitrogens with zero attached hydrogens (tertiary/aromatic N) is 3. The third-order valence-corrected chi connectivity index (χ3v) is 3.96. The van der Waals surface area contributed by atoms with Crippen molar-refractivity contribution in [1.29, 1.82) is 0 Å². The summed E-state index contributed by atoms with van der Waals surface area (Å²) in [5.74, 6) is 0.0695. The lowest BCUT2D eigenvalue weighted by molar-refractivity contribution is 0.436. The number of hydrogen-bond acceptors (Lipinski definition) is 3. The Morgan fingerprint density at radius 3 is 2.52 bits per heavy atom. The average Bonchev–Trinajstić information content (AvgIpc) is 2.73. The molecule has 0 fully saturated rings. The largest absolute Gasteiger partial charge is 0.493 e. The fraction of sp³-hybridized carbons (Fsp3) is 0.0667. The molecule has 3 aromatic rings. The summed E-state index contributed by atoms with van der Waals surface area (Å²) in [5.41, 5.74) is 1.88. The summed E-state index contributed by atoms with van der Waals surface area (Å²) in [4.78, 5) is 0. The molecule has 1 aromatic heterocycles. The fourth-order valence-electron chi connectivity index (χ4n) is 2.11. The van der Waals surface area contributed by atoms with E-state index in [4.69, 9.17) is 23.2 Å². The second-order valence-corrected chi connectivity index (χ2v) is 5.36. The fourth-order valence-corrected chi connectivity index (χ4v) is 2.41. The van der Waals surface area contributed by atoms with Crippen molar-refractivity contribution < 1.29 is 5.11 Å². The normalized spacial score (nSPS) is 11.6. The van der Waals surface area contributed by atoms with E-state index in [9.17, 15) is 5.11 Å². The monoisotopic (exact) mass is 319 g/mol. The van der Waals surface area contributed by atoms with Crippen molar-refractivity contribution >= 4 is 45.5 Å². The lowest BCUT2D eigenvalue weighted by atomic mass is 10.2. The van der Waals surface area contributed by atoms with Crippen molar-refractivity contribution in [3.63, 3.8) is 0 Å². The van der Waals surface area contributed by atoms with Gasteiger partial charge in [0.1, 0.15) is 0 Å². The second kappa shape index (κ2) is 5.39. The zero-order valence-electron chi connectivity index (χ0n) is 11.1. The topological polar surface area (TPSA) is 49.9 Å². The molecule has 3 rings (SSSR count). The minimum absolute atomic E-state index is 0.0695. The molecular weight excluding hydrogens is 309 g/mol. The van der Waals surface area contributed by atoms with Crippen molar-refractivity contribution in [1.82, 2.24) is 4.57 Å². The summed E-state index contributed by atoms with van der Waals surface area (Å²) in [5, 5.41) is 20.1. The van der Waals surface area contributed by atoms with Gasteiger partial charge in [-0.2, -0.15) is 5.11 Å². The van der Waals surface area contributed by atoms with Gasteiger partial charge >= 0.3 is 0 Å². The summed E-state index contributed by atoms with van der Waals surface area (Å²) >= 11 is 11.8. The first kappa shape index (κ1) is 13.9. The molecule has 21 heavy (non-hydrogen) atoms. The maximum atomic E-state index is 10.2. The first-order chi connectivity index (χ1) is 10.1. The Bertz CT molecular complexity index is 855. The lowest BCUT2D eigenvalue weighted by Crippen LogP contribution is -1.84. The number of halogens is 2. The molecule has 0 aliphatic carbocycles. The van der Waals surface area contributed by atoms with Gasteiger partial charge in [-0.25, -0.2) is 0 Å². The van der Waals surface area contributed by atoms with Gasteiger partial charge in [0.05, 0.1) is 21.2 Å². The van der Waals surface area contributed by atoms with Crippen molar-refractivity contribution in [3.8, 4) is 5.88 Å². The van der Waals surface area contributed by atoms with Crippen LogP contribution >= 0.6 is 23.2 Å². The quantitative estimate of drug-likeness (QED) is 0.613. The number of aromatic hydroxyl groups is 1. The second-order valence-electron chi connectivity index (χ2n) is 4.55. The van der Waals surface area contributed by atoms with Crippen LogP contribution in [0.3, 0.4) is 0 Å². The predicted octanol–water partition coefficient (Wildman–Crippen LogP) is 5.61. The number of rotatable bonds is 2. The van der Waals surface area contributed by atoms with Gasteiger partial charge in [-0.1, -0.05) is 41.4 Å². The van der Waals surface area contributed by atoms with Crippen molar-refractivity contribution in [3.05, 3.63) is 52.5 Å². The van der Waals surface area contributed by atoms with Gasteiger partial charge in [0, 0.05) is 12.4 Å². The molecule has 0 atom stereocenters. The molecule has 0 bridgehead atoms. The van der Waals surface area contributed by atoms with Gasteiger partial charge < -0.3 is 9.67 Å². The highest BCUT2D eigenvalue weighted by molar-refractivity contribution is 6.42. The number of para-hydroxylation sites is 1. The Morgan fingerprint density at radius 1 is 1.00 bits per heavy atom. The van der Waals surface area contributed by atoms with Crippen LogP contribution in [0.1, 0.15) is 0 Å². The molecule has 1 N–H and O–H groups in total. The van der Waals surface area contributed by atoms with Crippen LogP contribution in [0.2, 0.25) is 10.0 Å². The third kappa shape index (κ3) is 2.48. The summed E-state index contributed by atoms with van der Waals surface area (Å²) < 4.78 is 1.67. The van der Waals surface area contributed by atoms with Gasteiger partial charge in [0.2, 0.25) is 5.88 Å². The summed E-state index contributed by atoms with van der Waals surface area (Å²) in [7, 11) is 1.77. The van der Waals surface area contributed by atoms with E-state index in [1.54, 1.807) is 29.8 Å². The molecule has 0 saturated heterocycles. The van der Waals surface area contributed by atoms with Crippen LogP contribution in [0.25, 0.3) is 10.9 Å². The highest BCUT2D eigenvalue weighted by atomic mass is 35.5. The van der Waals surface area contributed by atoms with Crippen LogP contribution in [-0.2, 0) is 7.05 Å². The number of azo groups is 1. The van der Waals surface area contributed by atoms with Crippen LogP contribution in [0.5, 0.6) is 5.88 Å². The van der Waals surface area contributed by atoms with Gasteiger partial charge in [0.15, 0.2) is 5.69 Å². The van der Waals surface area contributed by atoms with Gasteiger partial charge in [-0.05, 0) is 24.3 Å². The molecule has 6 heteroatoms. The third-order valence-electron chi connectivity index (χ3n) is 3.22. The Hall–Kier alpha value is -2.04. The highest BCUT2D eigenvalue weighted by Gasteiger charge is 2.13. The average molecular weight is 320 g/mol. The highest BCUT2D eigenvalue weighted by Crippen LogP contribution is 2.38. The van der Waals surface area contributed by atoms with Crippen molar-refractivity contribution in [2.75, 3.05) is 0 Å². The number of fused-ring (bicyclic) bond motifs is 1. The van der Waals surface area contributed by atoms with E-state index < -0.39 is 0 Å². The molecule has 0 saturated carbocycles. The van der Waals surface area contributed by atoms with Crippen LogP contribution in [-0.4, -0.2) is 9.67 Å². The summed E-state index contributed by atoms with van der Waals surface area (Å²) in [6.45, 7) is 0. The predicted molar refractivity (Wildman–Crippen MR) is 85.2 cm³/mol. The molecule has 0 radical (unpaired) electrons. The SMILES string of the molecule is Cn1c(O)c(N=Nc2ccc(Cl)c(Cl)c2)c2ccccc21. The first-order valence-corrected chi connectivity index (χ1v) is 6.96. The van der Waals surface area contributed by atoms with E-state index in [-0.39, 0.29) is 5.88 Å². The van der Waals surface area contributed by atoms with E-state index in [0.29, 0.717) is 21.4 Å². The lowest BCUT2D eigenvalue weighted by Gasteiger charge is -1.97. The molecule has 0 aliphatic rings. The Labute approximate surface area is 131 Å². The number of aryl methyl sites for hydroxylation is 1. The molecule has 106 valence electrons. The maximum absolute atomic E-state index is 10.2. The molecule has 0 aliphatic heterocycles. The maximum Gasteiger partial charge on any atom is 0.220 e. The van der Waals surface area contributed by atoms with Gasteiger partial charge in [-0.15, -0.1) is 5.11 Å². The number of benzene rings is 2. The molecule has 0 unspecified atom stereocenters. The minimum atomic E-state index is 0.0695. The Morgan fingerprint density at radius 2 is 1.76 bits per heavy atom. The zero-order chi connectivity index (χ0) is 15.0.